The van der Waals surface area contributed by atoms with Crippen molar-refractivity contribution in [2.45, 2.75) is 31.2 Å². The Hall–Kier alpha value is -1.85. The zero-order valence-corrected chi connectivity index (χ0v) is 14.8. The van der Waals surface area contributed by atoms with Crippen molar-refractivity contribution in [1.29, 1.82) is 0 Å². The number of hydrogen-bond donors (Lipinski definition) is 0. The van der Waals surface area contributed by atoms with E-state index in [1.54, 1.807) is 11.8 Å². The predicted octanol–water partition coefficient (Wildman–Crippen LogP) is 4.79. The van der Waals surface area contributed by atoms with E-state index in [1.807, 2.05) is 35.0 Å². The molecule has 23 heavy (non-hydrogen) atoms. The first kappa shape index (κ1) is 16.0. The highest BCUT2D eigenvalue weighted by molar-refractivity contribution is 7.99. The predicted molar refractivity (Wildman–Crippen MR) is 94.4 cm³/mol. The first-order chi connectivity index (χ1) is 11.1. The smallest absolute Gasteiger partial charge is 0.187 e. The van der Waals surface area contributed by atoms with Crippen LogP contribution in [0.1, 0.15) is 28.9 Å². The third kappa shape index (κ3) is 3.26. The van der Waals surface area contributed by atoms with E-state index in [0.717, 1.165) is 32.6 Å². The molecule has 0 saturated carbocycles. The van der Waals surface area contributed by atoms with E-state index in [9.17, 15) is 0 Å². The molecule has 0 aliphatic carbocycles. The first-order valence-corrected chi connectivity index (χ1v) is 8.59. The van der Waals surface area contributed by atoms with Crippen molar-refractivity contribution in [2.24, 2.45) is 0 Å². The van der Waals surface area contributed by atoms with Crippen molar-refractivity contribution in [3.8, 4) is 5.69 Å². The normalized spacial score (nSPS) is 12.3. The minimum atomic E-state index is 0.151. The van der Waals surface area contributed by atoms with Crippen LogP contribution >= 0.6 is 23.4 Å². The van der Waals surface area contributed by atoms with Gasteiger partial charge in [-0.1, -0.05) is 59.8 Å². The van der Waals surface area contributed by atoms with Crippen molar-refractivity contribution < 1.29 is 0 Å². The number of tetrazole rings is 1. The molecule has 0 amide bonds. The van der Waals surface area contributed by atoms with Crippen LogP contribution in [0.5, 0.6) is 0 Å². The molecule has 0 saturated heterocycles. The second-order valence-electron chi connectivity index (χ2n) is 5.40. The summed E-state index contributed by atoms with van der Waals surface area (Å²) in [5.41, 5.74) is 4.40. The molecule has 1 heterocycles. The van der Waals surface area contributed by atoms with Gasteiger partial charge in [0.1, 0.15) is 0 Å². The minimum Gasteiger partial charge on any atom is -0.187 e. The van der Waals surface area contributed by atoms with Gasteiger partial charge in [0.2, 0.25) is 5.16 Å². The lowest BCUT2D eigenvalue weighted by atomic mass is 10.1. The summed E-state index contributed by atoms with van der Waals surface area (Å²) in [7, 11) is 0. The highest BCUT2D eigenvalue weighted by Crippen LogP contribution is 2.37. The number of halogens is 1. The van der Waals surface area contributed by atoms with Gasteiger partial charge in [-0.2, -0.15) is 4.68 Å². The molecule has 118 valence electrons. The molecule has 1 atom stereocenters. The monoisotopic (exact) mass is 344 g/mol. The number of para-hydroxylation sites is 1. The minimum absolute atomic E-state index is 0.151. The molecule has 0 aliphatic rings. The summed E-state index contributed by atoms with van der Waals surface area (Å²) in [5, 5.41) is 13.9. The Morgan fingerprint density at radius 1 is 1.04 bits per heavy atom. The number of aromatic nitrogens is 4. The van der Waals surface area contributed by atoms with E-state index in [1.165, 1.54) is 0 Å². The standard InChI is InChI=1S/C17H17ClN4S/c1-11-7-6-8-12(2)16(11)22-17(19-20-21-22)23-13(3)14-9-4-5-10-15(14)18/h4-10,13H,1-3H3/t13-/m1/s1. The van der Waals surface area contributed by atoms with Crippen LogP contribution in [0.2, 0.25) is 5.02 Å². The summed E-state index contributed by atoms with van der Waals surface area (Å²) >= 11 is 7.89. The summed E-state index contributed by atoms with van der Waals surface area (Å²) < 4.78 is 1.81. The zero-order chi connectivity index (χ0) is 16.4. The molecule has 0 radical (unpaired) electrons. The van der Waals surface area contributed by atoms with Crippen LogP contribution in [0.15, 0.2) is 47.6 Å². The van der Waals surface area contributed by atoms with Crippen LogP contribution in [-0.2, 0) is 0 Å². The fourth-order valence-electron chi connectivity index (χ4n) is 2.56. The molecule has 0 N–H and O–H groups in total. The molecule has 0 bridgehead atoms. The maximum absolute atomic E-state index is 6.29. The Morgan fingerprint density at radius 3 is 2.43 bits per heavy atom. The van der Waals surface area contributed by atoms with Crippen LogP contribution in [0, 0.1) is 13.8 Å². The van der Waals surface area contributed by atoms with Gasteiger partial charge >= 0.3 is 0 Å². The molecule has 0 spiro atoms. The molecule has 3 aromatic rings. The van der Waals surface area contributed by atoms with Crippen molar-refractivity contribution in [3.63, 3.8) is 0 Å². The topological polar surface area (TPSA) is 43.6 Å². The van der Waals surface area contributed by atoms with E-state index in [0.29, 0.717) is 0 Å². The summed E-state index contributed by atoms with van der Waals surface area (Å²) in [5.74, 6) is 0. The lowest BCUT2D eigenvalue weighted by Crippen LogP contribution is -2.04. The van der Waals surface area contributed by atoms with Crippen LogP contribution in [0.25, 0.3) is 5.69 Å². The fraction of sp³-hybridized carbons (Fsp3) is 0.235. The zero-order valence-electron chi connectivity index (χ0n) is 13.2. The number of benzene rings is 2. The van der Waals surface area contributed by atoms with Crippen molar-refractivity contribution in [3.05, 3.63) is 64.2 Å². The molecule has 1 aromatic heterocycles. The average molecular weight is 345 g/mol. The molecule has 0 aliphatic heterocycles. The molecular weight excluding hydrogens is 328 g/mol. The number of rotatable bonds is 4. The molecule has 3 rings (SSSR count). The van der Waals surface area contributed by atoms with E-state index < -0.39 is 0 Å². The fourth-order valence-corrected chi connectivity index (χ4v) is 3.88. The molecule has 0 unspecified atom stereocenters. The van der Waals surface area contributed by atoms with Gasteiger partial charge in [-0.05, 0) is 54.0 Å². The highest BCUT2D eigenvalue weighted by Gasteiger charge is 2.18. The van der Waals surface area contributed by atoms with Crippen molar-refractivity contribution >= 4 is 23.4 Å². The van der Waals surface area contributed by atoms with E-state index in [2.05, 4.69) is 48.4 Å². The quantitative estimate of drug-likeness (QED) is 0.638. The Balaban J connectivity index is 1.95. The van der Waals surface area contributed by atoms with E-state index >= 15 is 0 Å². The Morgan fingerprint density at radius 2 is 1.74 bits per heavy atom. The van der Waals surface area contributed by atoms with Gasteiger partial charge in [0.25, 0.3) is 0 Å². The summed E-state index contributed by atoms with van der Waals surface area (Å²) in [6.45, 7) is 6.24. The number of thioether (sulfide) groups is 1. The lowest BCUT2D eigenvalue weighted by molar-refractivity contribution is 0.746. The Kier molecular flexibility index (Phi) is 4.68. The lowest BCUT2D eigenvalue weighted by Gasteiger charge is -2.14. The summed E-state index contributed by atoms with van der Waals surface area (Å²) in [4.78, 5) is 0. The van der Waals surface area contributed by atoms with Crippen LogP contribution < -0.4 is 0 Å². The molecule has 0 fully saturated rings. The molecule has 2 aromatic carbocycles. The molecule has 6 heteroatoms. The van der Waals surface area contributed by atoms with Gasteiger partial charge in [-0.25, -0.2) is 0 Å². The van der Waals surface area contributed by atoms with Gasteiger partial charge in [-0.3, -0.25) is 0 Å². The maximum atomic E-state index is 6.29. The maximum Gasteiger partial charge on any atom is 0.214 e. The van der Waals surface area contributed by atoms with Crippen LogP contribution in [-0.4, -0.2) is 20.2 Å². The van der Waals surface area contributed by atoms with Crippen molar-refractivity contribution in [1.82, 2.24) is 20.2 Å². The van der Waals surface area contributed by atoms with Gasteiger partial charge in [0, 0.05) is 10.3 Å². The number of aryl methyl sites for hydroxylation is 2. The summed E-state index contributed by atoms with van der Waals surface area (Å²) in [6.07, 6.45) is 0. The Labute approximate surface area is 144 Å². The first-order valence-electron chi connectivity index (χ1n) is 7.34. The highest BCUT2D eigenvalue weighted by atomic mass is 35.5. The van der Waals surface area contributed by atoms with Gasteiger partial charge in [-0.15, -0.1) is 5.10 Å². The number of hydrogen-bond acceptors (Lipinski definition) is 4. The van der Waals surface area contributed by atoms with Gasteiger partial charge in [0.15, 0.2) is 0 Å². The average Bonchev–Trinajstić information content (AvgIpc) is 2.95. The number of nitrogens with zero attached hydrogens (tertiary/aromatic N) is 4. The largest absolute Gasteiger partial charge is 0.214 e. The Bertz CT molecular complexity index is 811. The summed E-state index contributed by atoms with van der Waals surface area (Å²) in [6, 6.07) is 14.0. The van der Waals surface area contributed by atoms with E-state index in [-0.39, 0.29) is 5.25 Å². The molecular formula is C17H17ClN4S. The second-order valence-corrected chi connectivity index (χ2v) is 7.11. The van der Waals surface area contributed by atoms with Crippen LogP contribution in [0.3, 0.4) is 0 Å². The van der Waals surface area contributed by atoms with Gasteiger partial charge < -0.3 is 0 Å². The van der Waals surface area contributed by atoms with Crippen molar-refractivity contribution in [2.75, 3.05) is 0 Å². The third-order valence-corrected chi connectivity index (χ3v) is 5.13. The van der Waals surface area contributed by atoms with Gasteiger partial charge in [0.05, 0.1) is 5.69 Å². The van der Waals surface area contributed by atoms with Crippen LogP contribution in [0.4, 0.5) is 0 Å². The third-order valence-electron chi connectivity index (χ3n) is 3.72. The second kappa shape index (κ2) is 6.72. The SMILES string of the molecule is Cc1cccc(C)c1-n1nnnc1S[C@H](C)c1ccccc1Cl. The van der Waals surface area contributed by atoms with E-state index in [4.69, 9.17) is 11.6 Å². The molecule has 4 nitrogen and oxygen atoms in total.